The third-order valence-corrected chi connectivity index (χ3v) is 3.82. The van der Waals surface area contributed by atoms with E-state index in [2.05, 4.69) is 10.1 Å². The fourth-order valence-corrected chi connectivity index (χ4v) is 2.48. The summed E-state index contributed by atoms with van der Waals surface area (Å²) in [5, 5.41) is 3.23. The predicted molar refractivity (Wildman–Crippen MR) is 77.7 cm³/mol. The molecule has 14 heteroatoms. The van der Waals surface area contributed by atoms with E-state index in [9.17, 15) is 39.9 Å². The van der Waals surface area contributed by atoms with E-state index in [4.69, 9.17) is 0 Å². The lowest BCUT2D eigenvalue weighted by atomic mass is 10.1. The number of aromatic nitrogens is 5. The van der Waals surface area contributed by atoms with Crippen LogP contribution in [0.2, 0.25) is 0 Å². The van der Waals surface area contributed by atoms with E-state index < -0.39 is 47.2 Å². The maximum absolute atomic E-state index is 13.4. The van der Waals surface area contributed by atoms with E-state index in [1.54, 1.807) is 0 Å². The molecule has 0 aromatic carbocycles. The maximum atomic E-state index is 13.4. The van der Waals surface area contributed by atoms with Gasteiger partial charge in [-0.1, -0.05) is 0 Å². The fourth-order valence-electron chi connectivity index (χ4n) is 2.48. The Morgan fingerprint density at radius 2 is 1.68 bits per heavy atom. The Balaban J connectivity index is 2.16. The summed E-state index contributed by atoms with van der Waals surface area (Å²) in [5.74, 6) is -5.50. The normalized spacial score (nSPS) is 13.5. The Morgan fingerprint density at radius 1 is 1.04 bits per heavy atom. The smallest absolute Gasteiger partial charge is 0.320 e. The largest absolute Gasteiger partial charge is 0.455 e. The number of rotatable bonds is 3. The number of alkyl halides is 8. The van der Waals surface area contributed by atoms with Gasteiger partial charge in [0, 0.05) is 31.2 Å². The van der Waals surface area contributed by atoms with Crippen LogP contribution < -0.4 is 5.56 Å². The lowest BCUT2D eigenvalue weighted by Crippen LogP contribution is -2.40. The third kappa shape index (κ3) is 3.22. The van der Waals surface area contributed by atoms with Crippen LogP contribution in [-0.4, -0.2) is 35.8 Å². The van der Waals surface area contributed by atoms with Crippen molar-refractivity contribution in [3.05, 3.63) is 40.8 Å². The van der Waals surface area contributed by atoms with E-state index in [0.717, 1.165) is 15.2 Å². The molecule has 0 unspecified atom stereocenters. The highest BCUT2D eigenvalue weighted by molar-refractivity contribution is 5.65. The van der Waals surface area contributed by atoms with Gasteiger partial charge in [0.2, 0.25) is 5.78 Å². The topological polar surface area (TPSA) is 57.1 Å². The summed E-state index contributed by atoms with van der Waals surface area (Å²) in [4.78, 5) is 15.9. The van der Waals surface area contributed by atoms with Crippen molar-refractivity contribution in [2.75, 3.05) is 0 Å². The molecule has 0 saturated heterocycles. The molecule has 0 N–H and O–H groups in total. The first-order valence-corrected chi connectivity index (χ1v) is 7.34. The lowest BCUT2D eigenvalue weighted by Gasteiger charge is -2.19. The van der Waals surface area contributed by atoms with Gasteiger partial charge in [-0.25, -0.2) is 4.98 Å². The summed E-state index contributed by atoms with van der Waals surface area (Å²) in [6.07, 6.45) is -7.47. The highest BCUT2D eigenvalue weighted by Gasteiger charge is 2.57. The predicted octanol–water partition coefficient (Wildman–Crippen LogP) is 3.11. The standard InChI is InChI=1S/C14H9F8N5O/c1-25-2-3-27-10(28)8(9(13(17,18)19)24-11(25)27)7-4-23-26(5-7)6-12(15,16)14(20,21)22/h2-5H,6H2,1H3. The van der Waals surface area contributed by atoms with Crippen LogP contribution in [0.4, 0.5) is 35.1 Å². The number of hydrogen-bond donors (Lipinski definition) is 0. The van der Waals surface area contributed by atoms with E-state index in [0.29, 0.717) is 12.4 Å². The van der Waals surface area contributed by atoms with Crippen LogP contribution in [0.5, 0.6) is 0 Å². The summed E-state index contributed by atoms with van der Waals surface area (Å²) >= 11 is 0. The molecule has 3 rings (SSSR count). The summed E-state index contributed by atoms with van der Waals surface area (Å²) < 4.78 is 105. The zero-order chi connectivity index (χ0) is 21.1. The third-order valence-electron chi connectivity index (χ3n) is 3.82. The Hall–Kier alpha value is -2.93. The SMILES string of the molecule is Cn1ccn2c(=O)c(-c3cnn(CC(F)(F)C(F)(F)F)c3)c(C(F)(F)F)nc12. The highest BCUT2D eigenvalue weighted by Crippen LogP contribution is 2.37. The molecular weight excluding hydrogens is 406 g/mol. The fraction of sp³-hybridized carbons (Fsp3) is 0.357. The minimum atomic E-state index is -5.87. The molecule has 0 atom stereocenters. The molecule has 0 aliphatic heterocycles. The summed E-state index contributed by atoms with van der Waals surface area (Å²) in [5.41, 5.74) is -4.40. The molecule has 152 valence electrons. The second-order valence-electron chi connectivity index (χ2n) is 5.85. The van der Waals surface area contributed by atoms with Gasteiger partial charge in [-0.2, -0.15) is 40.2 Å². The molecule has 0 bridgehead atoms. The monoisotopic (exact) mass is 415 g/mol. The molecule has 0 saturated carbocycles. The van der Waals surface area contributed by atoms with Gasteiger partial charge < -0.3 is 4.57 Å². The summed E-state index contributed by atoms with van der Waals surface area (Å²) in [6, 6.07) is 0. The van der Waals surface area contributed by atoms with Crippen molar-refractivity contribution in [2.45, 2.75) is 24.8 Å². The van der Waals surface area contributed by atoms with Crippen LogP contribution in [0.15, 0.2) is 29.6 Å². The first kappa shape index (κ1) is 19.8. The van der Waals surface area contributed by atoms with Gasteiger partial charge in [0.25, 0.3) is 5.56 Å². The molecule has 0 aliphatic carbocycles. The van der Waals surface area contributed by atoms with Crippen LogP contribution in [0.25, 0.3) is 16.9 Å². The van der Waals surface area contributed by atoms with Crippen molar-refractivity contribution in [2.24, 2.45) is 7.05 Å². The van der Waals surface area contributed by atoms with Gasteiger partial charge in [0.05, 0.1) is 11.8 Å². The molecule has 3 aromatic heterocycles. The van der Waals surface area contributed by atoms with Crippen LogP contribution in [-0.2, 0) is 19.8 Å². The Bertz CT molecular complexity index is 1090. The van der Waals surface area contributed by atoms with Crippen molar-refractivity contribution in [3.63, 3.8) is 0 Å². The van der Waals surface area contributed by atoms with Gasteiger partial charge >= 0.3 is 18.3 Å². The Labute approximate surface area is 149 Å². The van der Waals surface area contributed by atoms with Crippen LogP contribution in [0.3, 0.4) is 0 Å². The van der Waals surface area contributed by atoms with Crippen LogP contribution in [0.1, 0.15) is 5.69 Å². The lowest BCUT2D eigenvalue weighted by molar-refractivity contribution is -0.287. The van der Waals surface area contributed by atoms with Crippen molar-refractivity contribution < 1.29 is 35.1 Å². The maximum Gasteiger partial charge on any atom is 0.455 e. The molecule has 0 fully saturated rings. The minimum Gasteiger partial charge on any atom is -0.320 e. The van der Waals surface area contributed by atoms with Gasteiger partial charge in [-0.3, -0.25) is 13.9 Å². The quantitative estimate of drug-likeness (QED) is 0.618. The Kier molecular flexibility index (Phi) is 4.27. The molecule has 0 radical (unpaired) electrons. The molecule has 28 heavy (non-hydrogen) atoms. The van der Waals surface area contributed by atoms with Gasteiger partial charge in [0.1, 0.15) is 6.54 Å². The van der Waals surface area contributed by atoms with Gasteiger partial charge in [0.15, 0.2) is 5.69 Å². The second kappa shape index (κ2) is 6.04. The van der Waals surface area contributed by atoms with Crippen molar-refractivity contribution in [3.8, 4) is 11.1 Å². The molecule has 0 aliphatic rings. The zero-order valence-electron chi connectivity index (χ0n) is 13.7. The molecule has 0 amide bonds. The summed E-state index contributed by atoms with van der Waals surface area (Å²) in [6.45, 7) is -1.96. The number of imidazole rings is 1. The zero-order valence-corrected chi connectivity index (χ0v) is 13.7. The van der Waals surface area contributed by atoms with Gasteiger partial charge in [-0.05, 0) is 0 Å². The number of hydrogen-bond acceptors (Lipinski definition) is 3. The van der Waals surface area contributed by atoms with Crippen LogP contribution >= 0.6 is 0 Å². The number of aryl methyl sites for hydroxylation is 1. The first-order valence-electron chi connectivity index (χ1n) is 7.34. The van der Waals surface area contributed by atoms with Crippen LogP contribution in [0, 0.1) is 0 Å². The molecule has 0 spiro atoms. The van der Waals surface area contributed by atoms with Crippen molar-refractivity contribution >= 4 is 5.78 Å². The van der Waals surface area contributed by atoms with E-state index in [1.807, 2.05) is 0 Å². The second-order valence-corrected chi connectivity index (χ2v) is 5.85. The first-order chi connectivity index (χ1) is 12.7. The van der Waals surface area contributed by atoms with Crippen molar-refractivity contribution in [1.82, 2.24) is 23.7 Å². The van der Waals surface area contributed by atoms with Crippen molar-refractivity contribution in [1.29, 1.82) is 0 Å². The molecule has 3 aromatic rings. The van der Waals surface area contributed by atoms with E-state index in [-0.39, 0.29) is 10.5 Å². The van der Waals surface area contributed by atoms with Gasteiger partial charge in [-0.15, -0.1) is 0 Å². The highest BCUT2D eigenvalue weighted by atomic mass is 19.4. The summed E-state index contributed by atoms with van der Waals surface area (Å²) in [7, 11) is 1.35. The Morgan fingerprint density at radius 3 is 2.25 bits per heavy atom. The number of nitrogens with zero attached hydrogens (tertiary/aromatic N) is 5. The van der Waals surface area contributed by atoms with E-state index >= 15 is 0 Å². The average Bonchev–Trinajstić information content (AvgIpc) is 3.12. The minimum absolute atomic E-state index is 0.113. The number of fused-ring (bicyclic) bond motifs is 1. The number of halogens is 8. The average molecular weight is 415 g/mol. The molecule has 3 heterocycles. The molecular formula is C14H9F8N5O. The molecule has 6 nitrogen and oxygen atoms in total. The van der Waals surface area contributed by atoms with E-state index in [1.165, 1.54) is 13.2 Å².